The van der Waals surface area contributed by atoms with E-state index in [2.05, 4.69) is 48.7 Å². The fourth-order valence-electron chi connectivity index (χ4n) is 3.41. The summed E-state index contributed by atoms with van der Waals surface area (Å²) >= 11 is 0. The molecular formula is C25H35N3O3. The van der Waals surface area contributed by atoms with Crippen LogP contribution in [0.25, 0.3) is 0 Å². The SMILES string of the molecule is CCN(CC(=O)Nc1ccccc1OC)CC(=O)NC(C)c1ccc(CC(C)C)cc1. The van der Waals surface area contributed by atoms with Crippen molar-refractivity contribution in [1.29, 1.82) is 0 Å². The van der Waals surface area contributed by atoms with E-state index in [9.17, 15) is 9.59 Å². The highest BCUT2D eigenvalue weighted by molar-refractivity contribution is 5.94. The standard InChI is InChI=1S/C25H35N3O3/c1-6-28(17-25(30)27-22-9-7-8-10-23(22)31-5)16-24(29)26-19(4)21-13-11-20(12-14-21)15-18(2)3/h7-14,18-19H,6,15-17H2,1-5H3,(H,26,29)(H,27,30). The molecule has 0 aliphatic heterocycles. The first kappa shape index (κ1) is 24.4. The maximum atomic E-state index is 12.5. The number of rotatable bonds is 11. The number of carbonyl (C=O) groups excluding carboxylic acids is 2. The van der Waals surface area contributed by atoms with Gasteiger partial charge in [-0.1, -0.05) is 57.2 Å². The Kier molecular flexibility index (Phi) is 9.53. The number of likely N-dealkylation sites (N-methyl/N-ethyl adjacent to an activating group) is 1. The number of nitrogens with one attached hydrogen (secondary N) is 2. The first-order chi connectivity index (χ1) is 14.8. The van der Waals surface area contributed by atoms with Crippen LogP contribution in [0.2, 0.25) is 0 Å². The van der Waals surface area contributed by atoms with Crippen molar-refractivity contribution < 1.29 is 14.3 Å². The average Bonchev–Trinajstić information content (AvgIpc) is 2.73. The van der Waals surface area contributed by atoms with Gasteiger partial charge in [0.15, 0.2) is 0 Å². The van der Waals surface area contributed by atoms with E-state index in [4.69, 9.17) is 4.74 Å². The lowest BCUT2D eigenvalue weighted by molar-refractivity contribution is -0.123. The molecule has 0 bridgehead atoms. The van der Waals surface area contributed by atoms with Crippen LogP contribution in [0.1, 0.15) is 44.9 Å². The second kappa shape index (κ2) is 12.1. The smallest absolute Gasteiger partial charge is 0.238 e. The lowest BCUT2D eigenvalue weighted by Crippen LogP contribution is -2.41. The van der Waals surface area contributed by atoms with Gasteiger partial charge in [0.25, 0.3) is 0 Å². The molecule has 0 aliphatic rings. The van der Waals surface area contributed by atoms with Gasteiger partial charge in [0.05, 0.1) is 31.9 Å². The molecule has 0 saturated heterocycles. The number of para-hydroxylation sites is 2. The second-order valence-corrected chi connectivity index (χ2v) is 8.18. The third-order valence-electron chi connectivity index (χ3n) is 5.06. The molecule has 168 valence electrons. The Balaban J connectivity index is 1.86. The minimum atomic E-state index is -0.187. The van der Waals surface area contributed by atoms with Crippen molar-refractivity contribution in [3.05, 3.63) is 59.7 Å². The molecule has 0 aliphatic carbocycles. The summed E-state index contributed by atoms with van der Waals surface area (Å²) in [5, 5.41) is 5.88. The normalized spacial score (nSPS) is 12.0. The Hall–Kier alpha value is -2.86. The predicted molar refractivity (Wildman–Crippen MR) is 125 cm³/mol. The number of anilines is 1. The zero-order chi connectivity index (χ0) is 22.8. The van der Waals surface area contributed by atoms with Gasteiger partial charge in [0.1, 0.15) is 5.75 Å². The van der Waals surface area contributed by atoms with E-state index in [1.807, 2.05) is 26.0 Å². The van der Waals surface area contributed by atoms with E-state index < -0.39 is 0 Å². The number of carbonyl (C=O) groups is 2. The molecule has 2 rings (SSSR count). The maximum Gasteiger partial charge on any atom is 0.238 e. The molecule has 1 atom stereocenters. The Morgan fingerprint density at radius 3 is 2.23 bits per heavy atom. The van der Waals surface area contributed by atoms with Gasteiger partial charge >= 0.3 is 0 Å². The van der Waals surface area contributed by atoms with E-state index in [-0.39, 0.29) is 30.9 Å². The molecule has 0 saturated carbocycles. The summed E-state index contributed by atoms with van der Waals surface area (Å²) in [5.41, 5.74) is 2.98. The van der Waals surface area contributed by atoms with Crippen LogP contribution in [0.3, 0.4) is 0 Å². The lowest BCUT2D eigenvalue weighted by atomic mass is 10.00. The van der Waals surface area contributed by atoms with Gasteiger partial charge in [0.2, 0.25) is 11.8 Å². The fraction of sp³-hybridized carbons (Fsp3) is 0.440. The molecule has 6 nitrogen and oxygen atoms in total. The molecule has 2 aromatic rings. The Bertz CT molecular complexity index is 849. The molecule has 6 heteroatoms. The number of benzene rings is 2. The van der Waals surface area contributed by atoms with Crippen molar-refractivity contribution in [2.24, 2.45) is 5.92 Å². The van der Waals surface area contributed by atoms with Gasteiger partial charge in [-0.05, 0) is 49.1 Å². The fourth-order valence-corrected chi connectivity index (χ4v) is 3.41. The highest BCUT2D eigenvalue weighted by Crippen LogP contribution is 2.22. The van der Waals surface area contributed by atoms with Crippen molar-refractivity contribution in [2.45, 2.75) is 40.2 Å². The Morgan fingerprint density at radius 1 is 0.968 bits per heavy atom. The van der Waals surface area contributed by atoms with Gasteiger partial charge in [-0.2, -0.15) is 0 Å². The maximum absolute atomic E-state index is 12.5. The second-order valence-electron chi connectivity index (χ2n) is 8.18. The van der Waals surface area contributed by atoms with Crippen molar-refractivity contribution in [3.63, 3.8) is 0 Å². The summed E-state index contributed by atoms with van der Waals surface area (Å²) in [6, 6.07) is 15.5. The number of nitrogens with zero attached hydrogens (tertiary/aromatic N) is 1. The molecule has 2 aromatic carbocycles. The monoisotopic (exact) mass is 425 g/mol. The summed E-state index contributed by atoms with van der Waals surface area (Å²) in [6.45, 7) is 9.18. The average molecular weight is 426 g/mol. The van der Waals surface area contributed by atoms with E-state index >= 15 is 0 Å². The number of hydrogen-bond acceptors (Lipinski definition) is 4. The van der Waals surface area contributed by atoms with Crippen molar-refractivity contribution in [1.82, 2.24) is 10.2 Å². The number of hydrogen-bond donors (Lipinski definition) is 2. The molecule has 0 aromatic heterocycles. The molecule has 0 heterocycles. The molecule has 0 fully saturated rings. The third kappa shape index (κ3) is 8.06. The predicted octanol–water partition coefficient (Wildman–Crippen LogP) is 4.03. The van der Waals surface area contributed by atoms with Crippen LogP contribution in [0.15, 0.2) is 48.5 Å². The van der Waals surface area contributed by atoms with Crippen molar-refractivity contribution >= 4 is 17.5 Å². The molecular weight excluding hydrogens is 390 g/mol. The third-order valence-corrected chi connectivity index (χ3v) is 5.06. The zero-order valence-electron chi connectivity index (χ0n) is 19.3. The molecule has 2 N–H and O–H groups in total. The largest absolute Gasteiger partial charge is 0.495 e. The van der Waals surface area contributed by atoms with Crippen molar-refractivity contribution in [3.8, 4) is 5.75 Å². The summed E-state index contributed by atoms with van der Waals surface area (Å²) in [4.78, 5) is 26.8. The molecule has 0 radical (unpaired) electrons. The first-order valence-electron chi connectivity index (χ1n) is 10.9. The van der Waals surface area contributed by atoms with Crippen LogP contribution < -0.4 is 15.4 Å². The highest BCUT2D eigenvalue weighted by Gasteiger charge is 2.16. The van der Waals surface area contributed by atoms with E-state index in [0.717, 1.165) is 12.0 Å². The summed E-state index contributed by atoms with van der Waals surface area (Å²) in [6.07, 6.45) is 1.05. The molecule has 1 unspecified atom stereocenters. The van der Waals surface area contributed by atoms with Crippen LogP contribution in [0.4, 0.5) is 5.69 Å². The Morgan fingerprint density at radius 2 is 1.61 bits per heavy atom. The Labute approximate surface area is 186 Å². The number of ether oxygens (including phenoxy) is 1. The van der Waals surface area contributed by atoms with Gasteiger partial charge in [-0.15, -0.1) is 0 Å². The molecule has 0 spiro atoms. The van der Waals surface area contributed by atoms with Gasteiger partial charge in [-0.25, -0.2) is 0 Å². The van der Waals surface area contributed by atoms with E-state index in [0.29, 0.717) is 23.9 Å². The zero-order valence-corrected chi connectivity index (χ0v) is 19.3. The quantitative estimate of drug-likeness (QED) is 0.570. The first-order valence-corrected chi connectivity index (χ1v) is 10.9. The topological polar surface area (TPSA) is 70.7 Å². The van der Waals surface area contributed by atoms with Gasteiger partial charge in [0, 0.05) is 0 Å². The van der Waals surface area contributed by atoms with Crippen LogP contribution in [-0.2, 0) is 16.0 Å². The highest BCUT2D eigenvalue weighted by atomic mass is 16.5. The summed E-state index contributed by atoms with van der Waals surface area (Å²) in [7, 11) is 1.56. The van der Waals surface area contributed by atoms with Crippen LogP contribution in [-0.4, -0.2) is 43.5 Å². The summed E-state index contributed by atoms with van der Waals surface area (Å²) < 4.78 is 5.26. The minimum Gasteiger partial charge on any atom is -0.495 e. The number of amides is 2. The van der Waals surface area contributed by atoms with Crippen LogP contribution >= 0.6 is 0 Å². The summed E-state index contributed by atoms with van der Waals surface area (Å²) in [5.74, 6) is 0.923. The lowest BCUT2D eigenvalue weighted by Gasteiger charge is -2.21. The molecule has 2 amide bonds. The van der Waals surface area contributed by atoms with E-state index in [1.165, 1.54) is 5.56 Å². The number of methoxy groups -OCH3 is 1. The van der Waals surface area contributed by atoms with Crippen LogP contribution in [0, 0.1) is 5.92 Å². The van der Waals surface area contributed by atoms with Gasteiger partial charge in [-0.3, -0.25) is 14.5 Å². The van der Waals surface area contributed by atoms with Crippen LogP contribution in [0.5, 0.6) is 5.75 Å². The molecule has 31 heavy (non-hydrogen) atoms. The minimum absolute atomic E-state index is 0.0956. The van der Waals surface area contributed by atoms with Gasteiger partial charge < -0.3 is 15.4 Å². The van der Waals surface area contributed by atoms with E-state index in [1.54, 1.807) is 24.1 Å². The van der Waals surface area contributed by atoms with Crippen molar-refractivity contribution in [2.75, 3.05) is 32.1 Å².